The van der Waals surface area contributed by atoms with E-state index in [-0.39, 0.29) is 25.2 Å². The molecule has 0 aromatic carbocycles. The molecule has 1 aromatic heterocycles. The Hall–Kier alpha value is -1.30. The van der Waals surface area contributed by atoms with Crippen LogP contribution in [0.15, 0.2) is 6.07 Å². The van der Waals surface area contributed by atoms with Crippen molar-refractivity contribution < 1.29 is 18.3 Å². The first kappa shape index (κ1) is 14.8. The third-order valence-electron chi connectivity index (χ3n) is 2.43. The topological polar surface area (TPSA) is 44.1 Å². The third-order valence-corrected chi connectivity index (χ3v) is 2.43. The van der Waals surface area contributed by atoms with Crippen molar-refractivity contribution in [3.8, 4) is 0 Å². The lowest BCUT2D eigenvalue weighted by Gasteiger charge is -2.05. The molecule has 0 N–H and O–H groups in total. The van der Waals surface area contributed by atoms with E-state index in [1.165, 1.54) is 0 Å². The zero-order valence-electron chi connectivity index (χ0n) is 10.7. The quantitative estimate of drug-likeness (QED) is 0.671. The maximum atomic E-state index is 11.8. The smallest absolute Gasteiger partial charge is 0.261 e. The van der Waals surface area contributed by atoms with E-state index in [0.717, 1.165) is 11.4 Å². The van der Waals surface area contributed by atoms with E-state index >= 15 is 0 Å². The molecule has 0 aliphatic heterocycles. The van der Waals surface area contributed by atoms with Crippen molar-refractivity contribution in [1.82, 2.24) is 9.78 Å². The first-order chi connectivity index (χ1) is 8.52. The highest BCUT2D eigenvalue weighted by Gasteiger charge is 2.10. The molecule has 1 heterocycles. The number of hydrogen-bond acceptors (Lipinski definition) is 3. The zero-order chi connectivity index (χ0) is 13.5. The fourth-order valence-electron chi connectivity index (χ4n) is 1.66. The Morgan fingerprint density at radius 1 is 1.56 bits per heavy atom. The molecule has 1 aromatic rings. The van der Waals surface area contributed by atoms with E-state index in [1.807, 2.05) is 19.9 Å². The van der Waals surface area contributed by atoms with Crippen LogP contribution in [0.2, 0.25) is 0 Å². The van der Waals surface area contributed by atoms with Gasteiger partial charge < -0.3 is 4.74 Å². The van der Waals surface area contributed by atoms with Crippen molar-refractivity contribution in [3.63, 3.8) is 0 Å². The monoisotopic (exact) mass is 260 g/mol. The molecule has 0 aliphatic carbocycles. The second-order valence-corrected chi connectivity index (χ2v) is 4.02. The molecule has 0 radical (unpaired) electrons. The number of nitrogens with zero attached hydrogens (tertiary/aromatic N) is 2. The van der Waals surface area contributed by atoms with E-state index in [2.05, 4.69) is 9.84 Å². The normalized spacial score (nSPS) is 11.2. The van der Waals surface area contributed by atoms with Crippen LogP contribution >= 0.6 is 0 Å². The van der Waals surface area contributed by atoms with Crippen molar-refractivity contribution in [1.29, 1.82) is 0 Å². The molecule has 0 unspecified atom stereocenters. The maximum Gasteiger partial charge on any atom is 0.261 e. The summed E-state index contributed by atoms with van der Waals surface area (Å²) in [5.41, 5.74) is 1.72. The van der Waals surface area contributed by atoms with Crippen molar-refractivity contribution in [2.75, 3.05) is 13.2 Å². The molecule has 18 heavy (non-hydrogen) atoms. The standard InChI is InChI=1S/C12H18F2N2O2/c1-3-16-10(6-9(2)15-16)7-11(17)4-5-18-8-12(13)14/h6,12H,3-5,7-8H2,1-2H3. The Labute approximate surface area is 105 Å². The number of ketones is 1. The summed E-state index contributed by atoms with van der Waals surface area (Å²) in [6.45, 7) is 3.96. The third kappa shape index (κ3) is 4.91. The van der Waals surface area contributed by atoms with Gasteiger partial charge in [-0.25, -0.2) is 8.78 Å². The summed E-state index contributed by atoms with van der Waals surface area (Å²) in [7, 11) is 0. The molecule has 0 atom stereocenters. The minimum absolute atomic E-state index is 0.0288. The Morgan fingerprint density at radius 3 is 2.89 bits per heavy atom. The van der Waals surface area contributed by atoms with Gasteiger partial charge in [0.25, 0.3) is 6.43 Å². The highest BCUT2D eigenvalue weighted by atomic mass is 19.3. The Balaban J connectivity index is 2.35. The van der Waals surface area contributed by atoms with Gasteiger partial charge in [0.1, 0.15) is 12.4 Å². The van der Waals surface area contributed by atoms with Gasteiger partial charge in [0.05, 0.1) is 12.3 Å². The minimum atomic E-state index is -2.48. The molecule has 0 bridgehead atoms. The van der Waals surface area contributed by atoms with Crippen LogP contribution in [0, 0.1) is 6.92 Å². The molecule has 0 saturated carbocycles. The molecule has 0 aliphatic rings. The highest BCUT2D eigenvalue weighted by Crippen LogP contribution is 2.06. The summed E-state index contributed by atoms with van der Waals surface area (Å²) in [6, 6.07) is 1.86. The van der Waals surface area contributed by atoms with Crippen LogP contribution in [0.5, 0.6) is 0 Å². The number of aryl methyl sites for hydroxylation is 2. The van der Waals surface area contributed by atoms with Crippen molar-refractivity contribution in [3.05, 3.63) is 17.5 Å². The molecule has 0 saturated heterocycles. The minimum Gasteiger partial charge on any atom is -0.375 e. The number of Topliss-reactive ketones (excluding diaryl/α,β-unsaturated/α-hetero) is 1. The fourth-order valence-corrected chi connectivity index (χ4v) is 1.66. The van der Waals surface area contributed by atoms with Crippen LogP contribution < -0.4 is 0 Å². The number of halogens is 2. The van der Waals surface area contributed by atoms with Crippen LogP contribution in [-0.2, 0) is 22.5 Å². The molecule has 0 fully saturated rings. The van der Waals surface area contributed by atoms with Gasteiger partial charge in [-0.05, 0) is 19.9 Å². The van der Waals surface area contributed by atoms with Gasteiger partial charge in [0.15, 0.2) is 0 Å². The predicted octanol–water partition coefficient (Wildman–Crippen LogP) is 1.99. The molecule has 1 rings (SSSR count). The van der Waals surface area contributed by atoms with E-state index in [4.69, 9.17) is 0 Å². The average Bonchev–Trinajstić information content (AvgIpc) is 2.64. The Bertz CT molecular complexity index is 391. The molecular formula is C12H18F2N2O2. The molecule has 0 amide bonds. The number of aromatic nitrogens is 2. The van der Waals surface area contributed by atoms with Gasteiger partial charge in [-0.15, -0.1) is 0 Å². The first-order valence-corrected chi connectivity index (χ1v) is 5.93. The van der Waals surface area contributed by atoms with Gasteiger partial charge in [0, 0.05) is 25.1 Å². The maximum absolute atomic E-state index is 11.8. The van der Waals surface area contributed by atoms with Crippen LogP contribution in [0.25, 0.3) is 0 Å². The molecule has 0 spiro atoms. The lowest BCUT2D eigenvalue weighted by Crippen LogP contribution is -2.13. The number of hydrogen-bond donors (Lipinski definition) is 0. The van der Waals surface area contributed by atoms with E-state index in [1.54, 1.807) is 4.68 Å². The lowest BCUT2D eigenvalue weighted by atomic mass is 10.1. The largest absolute Gasteiger partial charge is 0.375 e. The summed E-state index contributed by atoms with van der Waals surface area (Å²) >= 11 is 0. The van der Waals surface area contributed by atoms with Crippen LogP contribution in [0.1, 0.15) is 24.7 Å². The second-order valence-electron chi connectivity index (χ2n) is 4.02. The summed E-state index contributed by atoms with van der Waals surface area (Å²) in [5, 5.41) is 4.24. The van der Waals surface area contributed by atoms with Crippen molar-refractivity contribution >= 4 is 5.78 Å². The van der Waals surface area contributed by atoms with Crippen LogP contribution in [0.3, 0.4) is 0 Å². The SMILES string of the molecule is CCn1nc(C)cc1CC(=O)CCOCC(F)F. The summed E-state index contributed by atoms with van der Waals surface area (Å²) in [5.74, 6) is -0.0288. The lowest BCUT2D eigenvalue weighted by molar-refractivity contribution is -0.120. The van der Waals surface area contributed by atoms with Gasteiger partial charge in [-0.3, -0.25) is 9.48 Å². The first-order valence-electron chi connectivity index (χ1n) is 5.93. The highest BCUT2D eigenvalue weighted by molar-refractivity contribution is 5.80. The van der Waals surface area contributed by atoms with E-state index in [9.17, 15) is 13.6 Å². The van der Waals surface area contributed by atoms with Crippen LogP contribution in [0.4, 0.5) is 8.78 Å². The molecule has 4 nitrogen and oxygen atoms in total. The summed E-state index contributed by atoms with van der Waals surface area (Å²) in [4.78, 5) is 11.6. The summed E-state index contributed by atoms with van der Waals surface area (Å²) in [6.07, 6.45) is -2.06. The van der Waals surface area contributed by atoms with E-state index in [0.29, 0.717) is 6.54 Å². The number of rotatable bonds is 8. The Morgan fingerprint density at radius 2 is 2.28 bits per heavy atom. The number of carbonyl (C=O) groups excluding carboxylic acids is 1. The average molecular weight is 260 g/mol. The zero-order valence-corrected chi connectivity index (χ0v) is 10.7. The van der Waals surface area contributed by atoms with Gasteiger partial charge >= 0.3 is 0 Å². The van der Waals surface area contributed by atoms with Crippen LogP contribution in [-0.4, -0.2) is 35.2 Å². The molecular weight excluding hydrogens is 242 g/mol. The number of alkyl halides is 2. The van der Waals surface area contributed by atoms with E-state index < -0.39 is 13.0 Å². The fraction of sp³-hybridized carbons (Fsp3) is 0.667. The Kier molecular flexibility index (Phi) is 5.91. The molecule has 102 valence electrons. The number of ether oxygens (including phenoxy) is 1. The van der Waals surface area contributed by atoms with Crippen molar-refractivity contribution in [2.24, 2.45) is 0 Å². The van der Waals surface area contributed by atoms with Gasteiger partial charge in [0.2, 0.25) is 0 Å². The van der Waals surface area contributed by atoms with Gasteiger partial charge in [-0.2, -0.15) is 5.10 Å². The predicted molar refractivity (Wildman–Crippen MR) is 62.8 cm³/mol. The van der Waals surface area contributed by atoms with Crippen molar-refractivity contribution in [2.45, 2.75) is 39.7 Å². The summed E-state index contributed by atoms with van der Waals surface area (Å²) < 4.78 is 30.0. The number of carbonyl (C=O) groups is 1. The second kappa shape index (κ2) is 7.20. The van der Waals surface area contributed by atoms with Gasteiger partial charge in [-0.1, -0.05) is 0 Å². The molecule has 6 heteroatoms.